The highest BCUT2D eigenvalue weighted by Gasteiger charge is 2.25. The molecule has 0 atom stereocenters. The average Bonchev–Trinajstić information content (AvgIpc) is 3.08. The number of halogens is 1. The Kier molecular flexibility index (Phi) is 6.72. The smallest absolute Gasteiger partial charge is 0.319 e. The summed E-state index contributed by atoms with van der Waals surface area (Å²) < 4.78 is 28.6. The SMILES string of the molecule is Cc1c(S(=O)(=O)CCNC(=O)Nc2ccc(Cl)cc2)c2ccccc2n1Cc1ccccc1. The Morgan fingerprint density at radius 3 is 2.33 bits per heavy atom. The van der Waals surface area contributed by atoms with Crippen molar-refractivity contribution in [3.63, 3.8) is 0 Å². The van der Waals surface area contributed by atoms with Crippen LogP contribution in [-0.2, 0) is 16.4 Å². The Hall–Kier alpha value is -3.29. The van der Waals surface area contributed by atoms with Gasteiger partial charge in [-0.1, -0.05) is 60.1 Å². The van der Waals surface area contributed by atoms with Gasteiger partial charge in [-0.15, -0.1) is 0 Å². The second-order valence-electron chi connectivity index (χ2n) is 7.71. The number of fused-ring (bicyclic) bond motifs is 1. The minimum atomic E-state index is -3.64. The van der Waals surface area contributed by atoms with Crippen molar-refractivity contribution in [1.29, 1.82) is 0 Å². The third-order valence-corrected chi connectivity index (χ3v) is 7.56. The molecule has 2 amide bonds. The van der Waals surface area contributed by atoms with E-state index in [4.69, 9.17) is 11.6 Å². The molecule has 0 aliphatic rings. The van der Waals surface area contributed by atoms with Crippen molar-refractivity contribution >= 4 is 44.1 Å². The number of amides is 2. The van der Waals surface area contributed by atoms with E-state index >= 15 is 0 Å². The first-order valence-corrected chi connectivity index (χ1v) is 12.5. The molecule has 6 nitrogen and oxygen atoms in total. The van der Waals surface area contributed by atoms with Crippen molar-refractivity contribution in [2.45, 2.75) is 18.4 Å². The van der Waals surface area contributed by atoms with Crippen LogP contribution in [-0.4, -0.2) is 31.3 Å². The average molecular weight is 482 g/mol. The van der Waals surface area contributed by atoms with Crippen LogP contribution in [0.4, 0.5) is 10.5 Å². The molecule has 1 aromatic heterocycles. The summed E-state index contributed by atoms with van der Waals surface area (Å²) in [5.74, 6) is -0.207. The van der Waals surface area contributed by atoms with Gasteiger partial charge in [0.25, 0.3) is 0 Å². The zero-order valence-corrected chi connectivity index (χ0v) is 19.7. The van der Waals surface area contributed by atoms with Crippen LogP contribution < -0.4 is 10.6 Å². The van der Waals surface area contributed by atoms with Crippen LogP contribution >= 0.6 is 11.6 Å². The minimum absolute atomic E-state index is 0.0145. The monoisotopic (exact) mass is 481 g/mol. The number of anilines is 1. The first-order chi connectivity index (χ1) is 15.8. The van der Waals surface area contributed by atoms with Crippen molar-refractivity contribution in [1.82, 2.24) is 9.88 Å². The maximum absolute atomic E-state index is 13.3. The fourth-order valence-corrected chi connectivity index (χ4v) is 5.64. The number of sulfone groups is 1. The first-order valence-electron chi connectivity index (χ1n) is 10.5. The lowest BCUT2D eigenvalue weighted by Gasteiger charge is -2.10. The second kappa shape index (κ2) is 9.68. The van der Waals surface area contributed by atoms with Gasteiger partial charge in [-0.2, -0.15) is 0 Å². The summed E-state index contributed by atoms with van der Waals surface area (Å²) in [5.41, 5.74) is 3.21. The number of hydrogen-bond donors (Lipinski definition) is 2. The lowest BCUT2D eigenvalue weighted by molar-refractivity contribution is 0.252. The van der Waals surface area contributed by atoms with Gasteiger partial charge in [0.05, 0.1) is 10.6 Å². The Morgan fingerprint density at radius 2 is 1.61 bits per heavy atom. The lowest BCUT2D eigenvalue weighted by atomic mass is 10.2. The molecule has 8 heteroatoms. The quantitative estimate of drug-likeness (QED) is 0.378. The molecule has 0 aliphatic heterocycles. The molecule has 3 aromatic carbocycles. The van der Waals surface area contributed by atoms with E-state index < -0.39 is 15.9 Å². The van der Waals surface area contributed by atoms with Crippen molar-refractivity contribution in [3.05, 3.63) is 95.1 Å². The number of hydrogen-bond acceptors (Lipinski definition) is 3. The van der Waals surface area contributed by atoms with Crippen molar-refractivity contribution in [2.75, 3.05) is 17.6 Å². The molecule has 0 saturated carbocycles. The standard InChI is InChI=1S/C25H24ClN3O3S/c1-18-24(22-9-5-6-10-23(22)29(18)17-19-7-3-2-4-8-19)33(31,32)16-15-27-25(30)28-21-13-11-20(26)12-14-21/h2-14H,15-17H2,1H3,(H2,27,28,30). The summed E-state index contributed by atoms with van der Waals surface area (Å²) in [6.45, 7) is 2.39. The van der Waals surface area contributed by atoms with Crippen LogP contribution in [0.15, 0.2) is 83.8 Å². The number of aromatic nitrogens is 1. The predicted molar refractivity (Wildman–Crippen MR) is 133 cm³/mol. The number of benzene rings is 3. The van der Waals surface area contributed by atoms with Crippen LogP contribution in [0.3, 0.4) is 0 Å². The zero-order valence-electron chi connectivity index (χ0n) is 18.1. The molecule has 2 N–H and O–H groups in total. The van der Waals surface area contributed by atoms with Crippen LogP contribution in [0.1, 0.15) is 11.3 Å². The highest BCUT2D eigenvalue weighted by Crippen LogP contribution is 2.31. The molecule has 0 radical (unpaired) electrons. The molecule has 170 valence electrons. The first kappa shape index (κ1) is 22.9. The predicted octanol–water partition coefficient (Wildman–Crippen LogP) is 5.25. The molecule has 1 heterocycles. The van der Waals surface area contributed by atoms with E-state index in [1.807, 2.05) is 66.1 Å². The highest BCUT2D eigenvalue weighted by atomic mass is 35.5. The maximum atomic E-state index is 13.3. The van der Waals surface area contributed by atoms with Gasteiger partial charge in [-0.05, 0) is 42.8 Å². The number of carbonyl (C=O) groups is 1. The summed E-state index contributed by atoms with van der Waals surface area (Å²) in [6, 6.07) is 23.6. The van der Waals surface area contributed by atoms with Crippen LogP contribution in [0.2, 0.25) is 5.02 Å². The zero-order chi connectivity index (χ0) is 23.4. The molecule has 0 bridgehead atoms. The Labute approximate surface area is 198 Å². The largest absolute Gasteiger partial charge is 0.339 e. The molecule has 4 rings (SSSR count). The van der Waals surface area contributed by atoms with E-state index in [-0.39, 0.29) is 12.3 Å². The van der Waals surface area contributed by atoms with E-state index in [0.717, 1.165) is 11.1 Å². The van der Waals surface area contributed by atoms with E-state index in [0.29, 0.717) is 33.2 Å². The number of nitrogens with one attached hydrogen (secondary N) is 2. The fraction of sp³-hybridized carbons (Fsp3) is 0.160. The lowest BCUT2D eigenvalue weighted by Crippen LogP contribution is -2.32. The van der Waals surface area contributed by atoms with Crippen LogP contribution in [0, 0.1) is 6.92 Å². The molecule has 0 spiro atoms. The number of para-hydroxylation sites is 1. The molecular weight excluding hydrogens is 458 g/mol. The van der Waals surface area contributed by atoms with Crippen molar-refractivity contribution in [2.24, 2.45) is 0 Å². The third-order valence-electron chi connectivity index (χ3n) is 5.43. The van der Waals surface area contributed by atoms with Gasteiger partial charge in [-0.3, -0.25) is 0 Å². The normalized spacial score (nSPS) is 11.5. The highest BCUT2D eigenvalue weighted by molar-refractivity contribution is 7.91. The molecule has 0 unspecified atom stereocenters. The summed E-state index contributed by atoms with van der Waals surface area (Å²) >= 11 is 5.84. The van der Waals surface area contributed by atoms with E-state index in [1.54, 1.807) is 24.3 Å². The van der Waals surface area contributed by atoms with Crippen LogP contribution in [0.25, 0.3) is 10.9 Å². The summed E-state index contributed by atoms with van der Waals surface area (Å²) in [4.78, 5) is 12.5. The van der Waals surface area contributed by atoms with E-state index in [2.05, 4.69) is 10.6 Å². The minimum Gasteiger partial charge on any atom is -0.339 e. The molecule has 33 heavy (non-hydrogen) atoms. The number of carbonyl (C=O) groups excluding carboxylic acids is 1. The van der Waals surface area contributed by atoms with Gasteiger partial charge < -0.3 is 15.2 Å². The molecule has 4 aromatic rings. The molecule has 0 fully saturated rings. The van der Waals surface area contributed by atoms with Gasteiger partial charge in [0.1, 0.15) is 0 Å². The Balaban J connectivity index is 1.52. The summed E-state index contributed by atoms with van der Waals surface area (Å²) in [5, 5.41) is 6.53. The van der Waals surface area contributed by atoms with Gasteiger partial charge in [-0.25, -0.2) is 13.2 Å². The second-order valence-corrected chi connectivity index (χ2v) is 10.2. The third kappa shape index (κ3) is 5.21. The Morgan fingerprint density at radius 1 is 0.939 bits per heavy atom. The van der Waals surface area contributed by atoms with Gasteiger partial charge in [0.15, 0.2) is 9.84 Å². The van der Waals surface area contributed by atoms with Crippen molar-refractivity contribution in [3.8, 4) is 0 Å². The number of urea groups is 1. The van der Waals surface area contributed by atoms with Gasteiger partial charge in [0.2, 0.25) is 0 Å². The summed E-state index contributed by atoms with van der Waals surface area (Å²) in [7, 11) is -3.64. The summed E-state index contributed by atoms with van der Waals surface area (Å²) in [6.07, 6.45) is 0. The molecule has 0 aliphatic carbocycles. The molecular formula is C25H24ClN3O3S. The van der Waals surface area contributed by atoms with Gasteiger partial charge in [0, 0.05) is 40.4 Å². The van der Waals surface area contributed by atoms with Crippen molar-refractivity contribution < 1.29 is 13.2 Å². The van der Waals surface area contributed by atoms with Crippen LogP contribution in [0.5, 0.6) is 0 Å². The maximum Gasteiger partial charge on any atom is 0.319 e. The van der Waals surface area contributed by atoms with E-state index in [9.17, 15) is 13.2 Å². The van der Waals surface area contributed by atoms with Gasteiger partial charge >= 0.3 is 6.03 Å². The topological polar surface area (TPSA) is 80.2 Å². The number of nitrogens with zero attached hydrogens (tertiary/aromatic N) is 1. The number of rotatable bonds is 7. The fourth-order valence-electron chi connectivity index (χ4n) is 3.87. The molecule has 0 saturated heterocycles. The Bertz CT molecular complexity index is 1380. The van der Waals surface area contributed by atoms with E-state index in [1.165, 1.54) is 0 Å².